The molecule has 0 aromatic carbocycles. The first-order valence-electron chi connectivity index (χ1n) is 6.27. The maximum absolute atomic E-state index is 12.3. The van der Waals surface area contributed by atoms with Crippen molar-refractivity contribution in [3.8, 4) is 0 Å². The molecule has 0 radical (unpaired) electrons. The summed E-state index contributed by atoms with van der Waals surface area (Å²) in [6.07, 6.45) is 1.02. The molecule has 0 amide bonds. The largest absolute Gasteiger partial charge is 0.312 e. The zero-order chi connectivity index (χ0) is 14.4. The van der Waals surface area contributed by atoms with E-state index in [1.54, 1.807) is 17.0 Å². The van der Waals surface area contributed by atoms with E-state index in [1.165, 1.54) is 22.7 Å². The fourth-order valence-corrected chi connectivity index (χ4v) is 4.62. The summed E-state index contributed by atoms with van der Waals surface area (Å²) in [5.74, 6) is 0. The Kier molecular flexibility index (Phi) is 5.67. The zero-order valence-corrected chi connectivity index (χ0v) is 13.6. The van der Waals surface area contributed by atoms with Crippen LogP contribution in [0, 0.1) is 0 Å². The van der Waals surface area contributed by atoms with Crippen LogP contribution in [0.4, 0.5) is 0 Å². The lowest BCUT2D eigenvalue weighted by Crippen LogP contribution is -2.24. The number of rotatable bonds is 8. The quantitative estimate of drug-likeness (QED) is 0.727. The minimum absolute atomic E-state index is 0.226. The van der Waals surface area contributed by atoms with Crippen molar-refractivity contribution >= 4 is 32.7 Å². The molecule has 2 heterocycles. The summed E-state index contributed by atoms with van der Waals surface area (Å²) in [4.78, 5) is 5.27. The van der Waals surface area contributed by atoms with E-state index in [9.17, 15) is 8.42 Å². The third-order valence-corrected chi connectivity index (χ3v) is 5.80. The van der Waals surface area contributed by atoms with Crippen molar-refractivity contribution in [1.82, 2.24) is 15.0 Å². The monoisotopic (exact) mass is 331 g/mol. The van der Waals surface area contributed by atoms with Gasteiger partial charge in [-0.15, -0.1) is 22.7 Å². The predicted octanol–water partition coefficient (Wildman–Crippen LogP) is 2.18. The van der Waals surface area contributed by atoms with Crippen LogP contribution < -0.4 is 10.0 Å². The Hall–Kier alpha value is -0.800. The molecule has 0 saturated heterocycles. The van der Waals surface area contributed by atoms with Gasteiger partial charge in [-0.05, 0) is 24.4 Å². The number of nitrogens with one attached hydrogen (secondary N) is 2. The average molecular weight is 331 g/mol. The van der Waals surface area contributed by atoms with E-state index < -0.39 is 10.0 Å². The van der Waals surface area contributed by atoms with Crippen molar-refractivity contribution in [2.24, 2.45) is 0 Å². The summed E-state index contributed by atoms with van der Waals surface area (Å²) in [6.45, 7) is 3.76. The Morgan fingerprint density at radius 1 is 1.35 bits per heavy atom. The van der Waals surface area contributed by atoms with Gasteiger partial charge < -0.3 is 5.32 Å². The second kappa shape index (κ2) is 7.28. The van der Waals surface area contributed by atoms with Gasteiger partial charge in [0.05, 0.1) is 22.6 Å². The van der Waals surface area contributed by atoms with E-state index in [4.69, 9.17) is 0 Å². The molecule has 0 spiro atoms. The minimum atomic E-state index is -3.48. The number of thiazole rings is 1. The van der Waals surface area contributed by atoms with Crippen molar-refractivity contribution in [3.63, 3.8) is 0 Å². The molecule has 0 unspecified atom stereocenters. The molecule has 0 aliphatic rings. The molecule has 0 aliphatic heterocycles. The molecule has 2 rings (SSSR count). The fourth-order valence-electron chi connectivity index (χ4n) is 1.65. The van der Waals surface area contributed by atoms with Gasteiger partial charge in [-0.3, -0.25) is 0 Å². The van der Waals surface area contributed by atoms with Crippen LogP contribution in [0.5, 0.6) is 0 Å². The Morgan fingerprint density at radius 2 is 2.20 bits per heavy atom. The molecule has 0 aliphatic carbocycles. The molecular weight excluding hydrogens is 314 g/mol. The average Bonchev–Trinajstić information content (AvgIpc) is 3.08. The van der Waals surface area contributed by atoms with Crippen LogP contribution in [-0.4, -0.2) is 19.9 Å². The first kappa shape index (κ1) is 15.6. The van der Waals surface area contributed by atoms with Crippen LogP contribution >= 0.6 is 22.7 Å². The number of sulfonamides is 1. The van der Waals surface area contributed by atoms with Crippen molar-refractivity contribution in [3.05, 3.63) is 32.9 Å². The molecule has 20 heavy (non-hydrogen) atoms. The Labute approximate surface area is 127 Å². The highest BCUT2D eigenvalue weighted by atomic mass is 32.2. The normalized spacial score (nSPS) is 11.8. The summed E-state index contributed by atoms with van der Waals surface area (Å²) < 4.78 is 27.2. The van der Waals surface area contributed by atoms with Crippen LogP contribution in [0.25, 0.3) is 0 Å². The molecule has 8 heteroatoms. The molecule has 2 aromatic rings. The van der Waals surface area contributed by atoms with Gasteiger partial charge in [0.25, 0.3) is 0 Å². The van der Waals surface area contributed by atoms with Crippen LogP contribution in [0.15, 0.2) is 27.2 Å². The van der Waals surface area contributed by atoms with E-state index >= 15 is 0 Å². The Bertz CT molecular complexity index is 620. The van der Waals surface area contributed by atoms with E-state index in [1.807, 2.05) is 5.38 Å². The van der Waals surface area contributed by atoms with E-state index in [-0.39, 0.29) is 6.54 Å². The summed E-state index contributed by atoms with van der Waals surface area (Å²) in [5.41, 5.74) is 2.42. The molecular formula is C12H17N3O2S3. The highest BCUT2D eigenvalue weighted by Gasteiger charge is 2.19. The molecule has 110 valence electrons. The van der Waals surface area contributed by atoms with Crippen molar-refractivity contribution in [2.75, 3.05) is 6.54 Å². The summed E-state index contributed by atoms with van der Waals surface area (Å²) in [5, 5.41) is 6.87. The SMILES string of the molecule is CCCNCc1sccc1S(=O)(=O)NCc1cscn1. The van der Waals surface area contributed by atoms with Crippen LogP contribution in [-0.2, 0) is 23.1 Å². The summed E-state index contributed by atoms with van der Waals surface area (Å²) in [7, 11) is -3.48. The van der Waals surface area contributed by atoms with Gasteiger partial charge in [0.15, 0.2) is 0 Å². The lowest BCUT2D eigenvalue weighted by atomic mass is 10.4. The van der Waals surface area contributed by atoms with Gasteiger partial charge in [0.1, 0.15) is 0 Å². The predicted molar refractivity (Wildman–Crippen MR) is 82.5 cm³/mol. The molecule has 2 aromatic heterocycles. The Balaban J connectivity index is 2.03. The number of thiophene rings is 1. The van der Waals surface area contributed by atoms with Gasteiger partial charge in [-0.2, -0.15) is 0 Å². The maximum Gasteiger partial charge on any atom is 0.242 e. The number of aromatic nitrogens is 1. The molecule has 0 fully saturated rings. The summed E-state index contributed by atoms with van der Waals surface area (Å²) in [6, 6.07) is 1.65. The molecule has 2 N–H and O–H groups in total. The van der Waals surface area contributed by atoms with Gasteiger partial charge in [0, 0.05) is 16.8 Å². The third kappa shape index (κ3) is 4.10. The van der Waals surface area contributed by atoms with Gasteiger partial charge >= 0.3 is 0 Å². The first-order valence-corrected chi connectivity index (χ1v) is 9.58. The lowest BCUT2D eigenvalue weighted by molar-refractivity contribution is 0.578. The topological polar surface area (TPSA) is 71.1 Å². The van der Waals surface area contributed by atoms with Crippen molar-refractivity contribution < 1.29 is 8.42 Å². The minimum Gasteiger partial charge on any atom is -0.312 e. The van der Waals surface area contributed by atoms with Gasteiger partial charge in [-0.1, -0.05) is 6.92 Å². The molecule has 0 saturated carbocycles. The highest BCUT2D eigenvalue weighted by molar-refractivity contribution is 7.89. The number of hydrogen-bond acceptors (Lipinski definition) is 6. The summed E-state index contributed by atoms with van der Waals surface area (Å²) >= 11 is 2.91. The fraction of sp³-hybridized carbons (Fsp3) is 0.417. The van der Waals surface area contributed by atoms with E-state index in [0.29, 0.717) is 11.4 Å². The zero-order valence-electron chi connectivity index (χ0n) is 11.1. The van der Waals surface area contributed by atoms with E-state index in [0.717, 1.165) is 23.5 Å². The Morgan fingerprint density at radius 3 is 2.90 bits per heavy atom. The second-order valence-corrected chi connectivity index (χ2v) is 7.64. The van der Waals surface area contributed by atoms with Crippen LogP contribution in [0.3, 0.4) is 0 Å². The number of nitrogens with zero attached hydrogens (tertiary/aromatic N) is 1. The van der Waals surface area contributed by atoms with Crippen LogP contribution in [0.2, 0.25) is 0 Å². The maximum atomic E-state index is 12.3. The molecule has 0 bridgehead atoms. The van der Waals surface area contributed by atoms with Crippen LogP contribution in [0.1, 0.15) is 23.9 Å². The van der Waals surface area contributed by atoms with Crippen molar-refractivity contribution in [1.29, 1.82) is 0 Å². The standard InChI is InChI=1S/C12H17N3O2S3/c1-2-4-13-7-11-12(3-5-19-11)20(16,17)15-6-10-8-18-9-14-10/h3,5,8-9,13,15H,2,4,6-7H2,1H3. The lowest BCUT2D eigenvalue weighted by Gasteiger charge is -2.07. The molecule has 0 atom stereocenters. The first-order chi connectivity index (χ1) is 9.63. The molecule has 5 nitrogen and oxygen atoms in total. The smallest absolute Gasteiger partial charge is 0.242 e. The van der Waals surface area contributed by atoms with Gasteiger partial charge in [0.2, 0.25) is 10.0 Å². The highest BCUT2D eigenvalue weighted by Crippen LogP contribution is 2.22. The van der Waals surface area contributed by atoms with Gasteiger partial charge in [-0.25, -0.2) is 18.1 Å². The van der Waals surface area contributed by atoms with E-state index in [2.05, 4.69) is 21.9 Å². The second-order valence-electron chi connectivity index (χ2n) is 4.19. The number of hydrogen-bond donors (Lipinski definition) is 2. The van der Waals surface area contributed by atoms with Crippen molar-refractivity contribution in [2.45, 2.75) is 31.3 Å². The third-order valence-electron chi connectivity index (χ3n) is 2.63.